The topological polar surface area (TPSA) is 109 Å². The van der Waals surface area contributed by atoms with Gasteiger partial charge in [0, 0.05) is 26.7 Å². The molecule has 2 aromatic rings. The van der Waals surface area contributed by atoms with E-state index in [0.717, 1.165) is 5.56 Å². The fraction of sp³-hybridized carbons (Fsp3) is 0.304. The molecule has 0 fully saturated rings. The number of ether oxygens (including phenoxy) is 3. The van der Waals surface area contributed by atoms with E-state index in [4.69, 9.17) is 18.5 Å². The molecule has 0 bridgehead atoms. The van der Waals surface area contributed by atoms with Crippen molar-refractivity contribution in [2.75, 3.05) is 27.9 Å². The van der Waals surface area contributed by atoms with Gasteiger partial charge in [0.25, 0.3) is 0 Å². The number of methoxy groups -OCH3 is 2. The summed E-state index contributed by atoms with van der Waals surface area (Å²) in [7, 11) is -0.318. The Morgan fingerprint density at radius 2 is 1.70 bits per heavy atom. The average Bonchev–Trinajstić information content (AvgIpc) is 2.83. The second-order valence-corrected chi connectivity index (χ2v) is 8.49. The Morgan fingerprint density at radius 3 is 2.24 bits per heavy atom. The number of nitrogens with one attached hydrogen (secondary N) is 1. The molecule has 0 heterocycles. The minimum Gasteiger partial charge on any atom is -0.466 e. The second kappa shape index (κ2) is 12.3. The third-order valence-corrected chi connectivity index (χ3v) is 6.09. The summed E-state index contributed by atoms with van der Waals surface area (Å²) in [6.45, 7) is 1.75. The van der Waals surface area contributed by atoms with Crippen LogP contribution in [0.5, 0.6) is 5.75 Å². The summed E-state index contributed by atoms with van der Waals surface area (Å²) in [6.07, 6.45) is 2.84. The quantitative estimate of drug-likeness (QED) is 0.212. The average molecular weight is 477 g/mol. The lowest BCUT2D eigenvalue weighted by Crippen LogP contribution is -2.55. The molecule has 178 valence electrons. The molecule has 33 heavy (non-hydrogen) atoms. The Hall–Kier alpha value is -2.97. The minimum atomic E-state index is -4.09. The Labute approximate surface area is 193 Å². The van der Waals surface area contributed by atoms with Crippen LogP contribution in [0.3, 0.4) is 0 Å². The standard InChI is InChI=1S/C23H28NO8P/c1-5-31-22(26)23(29-3,17-19-9-7-6-8-10-19)24-33(27,30-4)32-20-14-11-18(12-15-20)13-16-21(25)28-2/h6-16H,5,17H2,1-4H3,(H,24,27)/b16-13+/t23?,33-/m1/s1. The maximum Gasteiger partial charge on any atom is 0.461 e. The molecule has 2 atom stereocenters. The van der Waals surface area contributed by atoms with Crippen molar-refractivity contribution in [2.45, 2.75) is 19.1 Å². The van der Waals surface area contributed by atoms with Crippen LogP contribution in [0, 0.1) is 0 Å². The third-order valence-electron chi connectivity index (χ3n) is 4.53. The molecule has 0 amide bonds. The van der Waals surface area contributed by atoms with Gasteiger partial charge in [-0.1, -0.05) is 42.5 Å². The van der Waals surface area contributed by atoms with Crippen LogP contribution >= 0.6 is 7.75 Å². The molecule has 2 aromatic carbocycles. The lowest BCUT2D eigenvalue weighted by Gasteiger charge is -2.33. The predicted molar refractivity (Wildman–Crippen MR) is 122 cm³/mol. The fourth-order valence-corrected chi connectivity index (χ4v) is 4.14. The maximum atomic E-state index is 13.4. The Balaban J connectivity index is 2.28. The van der Waals surface area contributed by atoms with E-state index in [1.54, 1.807) is 49.4 Å². The molecule has 2 rings (SSSR count). The van der Waals surface area contributed by atoms with Crippen LogP contribution < -0.4 is 9.61 Å². The van der Waals surface area contributed by atoms with Gasteiger partial charge in [0.15, 0.2) is 0 Å². The van der Waals surface area contributed by atoms with Gasteiger partial charge >= 0.3 is 19.7 Å². The zero-order valence-corrected chi connectivity index (χ0v) is 19.9. The van der Waals surface area contributed by atoms with E-state index in [9.17, 15) is 14.2 Å². The summed E-state index contributed by atoms with van der Waals surface area (Å²) in [5.41, 5.74) is -0.398. The van der Waals surface area contributed by atoms with Crippen LogP contribution in [0.15, 0.2) is 60.7 Å². The molecule has 0 saturated carbocycles. The third kappa shape index (κ3) is 7.54. The number of carbonyl (C=O) groups is 2. The molecule has 0 aliphatic rings. The van der Waals surface area contributed by atoms with E-state index in [1.807, 2.05) is 18.2 Å². The molecule has 1 unspecified atom stereocenters. The van der Waals surface area contributed by atoms with E-state index in [1.165, 1.54) is 27.4 Å². The Bertz CT molecular complexity index is 993. The molecule has 0 spiro atoms. The molecule has 10 heteroatoms. The van der Waals surface area contributed by atoms with Crippen molar-refractivity contribution in [3.63, 3.8) is 0 Å². The smallest absolute Gasteiger partial charge is 0.461 e. The minimum absolute atomic E-state index is 0.0111. The van der Waals surface area contributed by atoms with Gasteiger partial charge < -0.3 is 18.7 Å². The van der Waals surface area contributed by atoms with E-state index in [2.05, 4.69) is 9.82 Å². The largest absolute Gasteiger partial charge is 0.466 e. The fourth-order valence-electron chi connectivity index (χ4n) is 2.83. The van der Waals surface area contributed by atoms with Crippen molar-refractivity contribution < 1.29 is 37.4 Å². The lowest BCUT2D eigenvalue weighted by atomic mass is 10.0. The number of esters is 2. The van der Waals surface area contributed by atoms with E-state index in [-0.39, 0.29) is 18.8 Å². The van der Waals surface area contributed by atoms with Gasteiger partial charge in [-0.05, 0) is 36.3 Å². The van der Waals surface area contributed by atoms with Crippen molar-refractivity contribution in [3.8, 4) is 5.75 Å². The highest BCUT2D eigenvalue weighted by molar-refractivity contribution is 7.52. The highest BCUT2D eigenvalue weighted by atomic mass is 31.2. The summed E-state index contributed by atoms with van der Waals surface area (Å²) in [4.78, 5) is 24.1. The van der Waals surface area contributed by atoms with Crippen molar-refractivity contribution in [1.29, 1.82) is 0 Å². The van der Waals surface area contributed by atoms with E-state index < -0.39 is 25.4 Å². The first-order chi connectivity index (χ1) is 15.8. The summed E-state index contributed by atoms with van der Waals surface area (Å²) < 4.78 is 39.4. The molecule has 0 aromatic heterocycles. The molecular formula is C23H28NO8P. The molecule has 9 nitrogen and oxygen atoms in total. The first kappa shape index (κ1) is 26.3. The molecule has 0 radical (unpaired) electrons. The van der Waals surface area contributed by atoms with Crippen LogP contribution in [-0.4, -0.2) is 45.6 Å². The van der Waals surface area contributed by atoms with Gasteiger partial charge in [-0.2, -0.15) is 5.09 Å². The second-order valence-electron chi connectivity index (χ2n) is 6.72. The van der Waals surface area contributed by atoms with Gasteiger partial charge in [-0.15, -0.1) is 0 Å². The van der Waals surface area contributed by atoms with Crippen molar-refractivity contribution in [1.82, 2.24) is 5.09 Å². The van der Waals surface area contributed by atoms with Gasteiger partial charge in [0.2, 0.25) is 5.72 Å². The zero-order chi connectivity index (χ0) is 24.3. The normalized spacial score (nSPS) is 14.8. The highest BCUT2D eigenvalue weighted by Gasteiger charge is 2.47. The van der Waals surface area contributed by atoms with Gasteiger partial charge in [-0.3, -0.25) is 4.52 Å². The Morgan fingerprint density at radius 1 is 1.03 bits per heavy atom. The van der Waals surface area contributed by atoms with Crippen molar-refractivity contribution in [3.05, 3.63) is 71.8 Å². The first-order valence-corrected chi connectivity index (χ1v) is 11.6. The molecule has 0 aliphatic carbocycles. The van der Waals surface area contributed by atoms with E-state index in [0.29, 0.717) is 5.56 Å². The molecular weight excluding hydrogens is 449 g/mol. The van der Waals surface area contributed by atoms with Crippen molar-refractivity contribution in [2.24, 2.45) is 0 Å². The lowest BCUT2D eigenvalue weighted by molar-refractivity contribution is -0.171. The molecule has 0 saturated heterocycles. The number of benzene rings is 2. The highest BCUT2D eigenvalue weighted by Crippen LogP contribution is 2.46. The van der Waals surface area contributed by atoms with Crippen LogP contribution in [0.1, 0.15) is 18.1 Å². The van der Waals surface area contributed by atoms with Crippen LogP contribution in [-0.2, 0) is 39.3 Å². The van der Waals surface area contributed by atoms with Crippen molar-refractivity contribution >= 4 is 25.8 Å². The van der Waals surface area contributed by atoms with Gasteiger partial charge in [0.1, 0.15) is 5.75 Å². The monoisotopic (exact) mass is 477 g/mol. The van der Waals surface area contributed by atoms with Crippen LogP contribution in [0.2, 0.25) is 0 Å². The van der Waals surface area contributed by atoms with Gasteiger partial charge in [-0.25, -0.2) is 14.2 Å². The summed E-state index contributed by atoms with van der Waals surface area (Å²) in [6, 6.07) is 15.4. The summed E-state index contributed by atoms with van der Waals surface area (Å²) in [5, 5.41) is 2.63. The molecule has 0 aliphatic heterocycles. The number of hydrogen-bond donors (Lipinski definition) is 1. The molecule has 1 N–H and O–H groups in total. The zero-order valence-electron chi connectivity index (χ0n) is 19.0. The number of carbonyl (C=O) groups excluding carboxylic acids is 2. The van der Waals surface area contributed by atoms with Crippen LogP contribution in [0.4, 0.5) is 0 Å². The summed E-state index contributed by atoms with van der Waals surface area (Å²) >= 11 is 0. The predicted octanol–water partition coefficient (Wildman–Crippen LogP) is 3.74. The number of rotatable bonds is 12. The maximum absolute atomic E-state index is 13.4. The SMILES string of the molecule is CCOC(=O)C(Cc1ccccc1)(N[P@@](=O)(OC)Oc1ccc(/C=C/C(=O)OC)cc1)OC. The first-order valence-electron chi connectivity index (χ1n) is 10.1. The number of hydrogen-bond acceptors (Lipinski definition) is 8. The summed E-state index contributed by atoms with van der Waals surface area (Å²) in [5.74, 6) is -1.05. The Kier molecular flexibility index (Phi) is 9.81. The van der Waals surface area contributed by atoms with Gasteiger partial charge in [0.05, 0.1) is 13.7 Å². The van der Waals surface area contributed by atoms with Crippen LogP contribution in [0.25, 0.3) is 6.08 Å². The van der Waals surface area contributed by atoms with E-state index >= 15 is 0 Å².